The van der Waals surface area contributed by atoms with E-state index in [2.05, 4.69) is 39.0 Å². The number of Topliss-reactive ketones (excluding diaryl/α,β-unsaturated/α-hetero) is 1. The molecule has 0 saturated carbocycles. The number of hydrogen-bond donors (Lipinski definition) is 0. The largest absolute Gasteiger partial charge is 0.348 e. The van der Waals surface area contributed by atoms with Crippen LogP contribution in [0.1, 0.15) is 53.9 Å². The highest BCUT2D eigenvalue weighted by molar-refractivity contribution is 5.96. The van der Waals surface area contributed by atoms with Gasteiger partial charge in [-0.2, -0.15) is 0 Å². The smallest absolute Gasteiger partial charge is 0.183 e. The summed E-state index contributed by atoms with van der Waals surface area (Å²) in [5, 5.41) is 0. The summed E-state index contributed by atoms with van der Waals surface area (Å²) < 4.78 is 1.88. The number of carbonyl (C=O) groups is 1. The molecule has 2 rings (SSSR count). The van der Waals surface area contributed by atoms with Crippen LogP contribution in [-0.2, 0) is 19.9 Å². The minimum atomic E-state index is 0.177. The fourth-order valence-electron chi connectivity index (χ4n) is 2.64. The number of aromatic nitrogens is 1. The molecule has 0 N–H and O–H groups in total. The van der Waals surface area contributed by atoms with Crippen LogP contribution in [0.3, 0.4) is 0 Å². The van der Waals surface area contributed by atoms with Gasteiger partial charge in [-0.15, -0.1) is 0 Å². The van der Waals surface area contributed by atoms with Gasteiger partial charge in [-0.05, 0) is 41.2 Å². The standard InChI is InChI=1S/C18H23NO/c1-5-15-9-8-14(11-16(15)13(2)3)12-18(20)17-7-6-10-19(17)4/h6-11,13H,5,12H2,1-4H3. The lowest BCUT2D eigenvalue weighted by atomic mass is 9.92. The van der Waals surface area contributed by atoms with E-state index in [1.54, 1.807) is 0 Å². The number of rotatable bonds is 5. The minimum Gasteiger partial charge on any atom is -0.348 e. The van der Waals surface area contributed by atoms with Gasteiger partial charge in [0.2, 0.25) is 0 Å². The van der Waals surface area contributed by atoms with Crippen LogP contribution in [0, 0.1) is 0 Å². The molecule has 0 unspecified atom stereocenters. The second kappa shape index (κ2) is 6.08. The number of hydrogen-bond acceptors (Lipinski definition) is 1. The van der Waals surface area contributed by atoms with Crippen LogP contribution in [0.2, 0.25) is 0 Å². The highest BCUT2D eigenvalue weighted by atomic mass is 16.1. The number of nitrogens with zero attached hydrogens (tertiary/aromatic N) is 1. The molecule has 0 aliphatic carbocycles. The maximum absolute atomic E-state index is 12.3. The molecule has 1 heterocycles. The predicted octanol–water partition coefficient (Wildman–Crippen LogP) is 4.14. The molecule has 2 aromatic rings. The molecule has 0 spiro atoms. The maximum Gasteiger partial charge on any atom is 0.183 e. The van der Waals surface area contributed by atoms with Crippen molar-refractivity contribution in [2.24, 2.45) is 7.05 Å². The summed E-state index contributed by atoms with van der Waals surface area (Å²) in [6.45, 7) is 6.59. The normalized spacial score (nSPS) is 11.1. The Kier molecular flexibility index (Phi) is 4.43. The zero-order chi connectivity index (χ0) is 14.7. The first-order valence-electron chi connectivity index (χ1n) is 7.29. The fourth-order valence-corrected chi connectivity index (χ4v) is 2.64. The third-order valence-electron chi connectivity index (χ3n) is 3.81. The SMILES string of the molecule is CCc1ccc(CC(=O)c2cccn2C)cc1C(C)C. The molecular weight excluding hydrogens is 246 g/mol. The van der Waals surface area contributed by atoms with Crippen molar-refractivity contribution < 1.29 is 4.79 Å². The van der Waals surface area contributed by atoms with Gasteiger partial charge in [0.25, 0.3) is 0 Å². The van der Waals surface area contributed by atoms with Gasteiger partial charge in [0.15, 0.2) is 5.78 Å². The van der Waals surface area contributed by atoms with Crippen molar-refractivity contribution in [1.29, 1.82) is 0 Å². The van der Waals surface area contributed by atoms with Gasteiger partial charge in [-0.3, -0.25) is 4.79 Å². The Balaban J connectivity index is 2.24. The Morgan fingerprint density at radius 1 is 1.25 bits per heavy atom. The van der Waals surface area contributed by atoms with E-state index in [4.69, 9.17) is 0 Å². The molecule has 0 saturated heterocycles. The Hall–Kier alpha value is -1.83. The summed E-state index contributed by atoms with van der Waals surface area (Å²) in [5.74, 6) is 0.673. The number of carbonyl (C=O) groups excluding carboxylic acids is 1. The molecule has 20 heavy (non-hydrogen) atoms. The van der Waals surface area contributed by atoms with Gasteiger partial charge in [-0.1, -0.05) is 39.0 Å². The monoisotopic (exact) mass is 269 g/mol. The van der Waals surface area contributed by atoms with Crippen molar-refractivity contribution >= 4 is 5.78 Å². The molecule has 0 aliphatic heterocycles. The van der Waals surface area contributed by atoms with Crippen LogP contribution in [0.15, 0.2) is 36.5 Å². The zero-order valence-electron chi connectivity index (χ0n) is 12.8. The summed E-state index contributed by atoms with van der Waals surface area (Å²) >= 11 is 0. The molecule has 0 fully saturated rings. The lowest BCUT2D eigenvalue weighted by Gasteiger charge is -2.13. The quantitative estimate of drug-likeness (QED) is 0.748. The van der Waals surface area contributed by atoms with Crippen molar-refractivity contribution in [2.45, 2.75) is 39.5 Å². The van der Waals surface area contributed by atoms with Crippen LogP contribution in [-0.4, -0.2) is 10.4 Å². The van der Waals surface area contributed by atoms with E-state index in [-0.39, 0.29) is 5.78 Å². The average molecular weight is 269 g/mol. The molecule has 0 aliphatic rings. The van der Waals surface area contributed by atoms with Crippen molar-refractivity contribution in [3.05, 3.63) is 58.9 Å². The van der Waals surface area contributed by atoms with E-state index >= 15 is 0 Å². The zero-order valence-corrected chi connectivity index (χ0v) is 12.8. The molecule has 0 amide bonds. The first kappa shape index (κ1) is 14.6. The number of aryl methyl sites for hydroxylation is 2. The average Bonchev–Trinajstić information content (AvgIpc) is 2.85. The molecule has 1 aromatic heterocycles. The van der Waals surface area contributed by atoms with Crippen molar-refractivity contribution in [2.75, 3.05) is 0 Å². The van der Waals surface area contributed by atoms with Gasteiger partial charge in [0, 0.05) is 19.7 Å². The Bertz CT molecular complexity index is 608. The summed E-state index contributed by atoms with van der Waals surface area (Å²) in [6, 6.07) is 10.2. The van der Waals surface area contributed by atoms with Gasteiger partial charge in [0.05, 0.1) is 5.69 Å². The van der Waals surface area contributed by atoms with Crippen molar-refractivity contribution in [3.8, 4) is 0 Å². The third kappa shape index (κ3) is 3.01. The van der Waals surface area contributed by atoms with Crippen molar-refractivity contribution in [3.63, 3.8) is 0 Å². The van der Waals surface area contributed by atoms with Crippen LogP contribution in [0.25, 0.3) is 0 Å². The lowest BCUT2D eigenvalue weighted by Crippen LogP contribution is -2.09. The maximum atomic E-state index is 12.3. The van der Waals surface area contributed by atoms with Gasteiger partial charge >= 0.3 is 0 Å². The molecular formula is C18H23NO. The van der Waals surface area contributed by atoms with E-state index in [0.717, 1.165) is 17.7 Å². The fraction of sp³-hybridized carbons (Fsp3) is 0.389. The number of ketones is 1. The van der Waals surface area contributed by atoms with Crippen LogP contribution in [0.4, 0.5) is 0 Å². The molecule has 2 nitrogen and oxygen atoms in total. The first-order valence-corrected chi connectivity index (χ1v) is 7.29. The Labute approximate surface area is 121 Å². The minimum absolute atomic E-state index is 0.177. The Morgan fingerprint density at radius 2 is 2.00 bits per heavy atom. The highest BCUT2D eigenvalue weighted by Crippen LogP contribution is 2.22. The number of benzene rings is 1. The summed E-state index contributed by atoms with van der Waals surface area (Å²) in [6.07, 6.45) is 3.42. The van der Waals surface area contributed by atoms with Crippen LogP contribution >= 0.6 is 0 Å². The summed E-state index contributed by atoms with van der Waals surface area (Å²) in [4.78, 5) is 12.3. The molecule has 106 valence electrons. The second-order valence-electron chi connectivity index (χ2n) is 5.65. The highest BCUT2D eigenvalue weighted by Gasteiger charge is 2.12. The topological polar surface area (TPSA) is 22.0 Å². The molecule has 0 atom stereocenters. The van der Waals surface area contributed by atoms with Crippen molar-refractivity contribution in [1.82, 2.24) is 4.57 Å². The van der Waals surface area contributed by atoms with Crippen LogP contribution in [0.5, 0.6) is 0 Å². The predicted molar refractivity (Wildman–Crippen MR) is 83.4 cm³/mol. The Morgan fingerprint density at radius 3 is 2.55 bits per heavy atom. The third-order valence-corrected chi connectivity index (χ3v) is 3.81. The van der Waals surface area contributed by atoms with E-state index in [9.17, 15) is 4.79 Å². The summed E-state index contributed by atoms with van der Waals surface area (Å²) in [5.41, 5.74) is 4.63. The van der Waals surface area contributed by atoms with Gasteiger partial charge < -0.3 is 4.57 Å². The molecule has 2 heteroatoms. The summed E-state index contributed by atoms with van der Waals surface area (Å²) in [7, 11) is 1.91. The van der Waals surface area contributed by atoms with E-state index in [1.165, 1.54) is 11.1 Å². The molecule has 0 radical (unpaired) electrons. The van der Waals surface area contributed by atoms with E-state index in [1.807, 2.05) is 29.9 Å². The second-order valence-corrected chi connectivity index (χ2v) is 5.65. The molecule has 1 aromatic carbocycles. The first-order chi connectivity index (χ1) is 9.52. The van der Waals surface area contributed by atoms with Crippen LogP contribution < -0.4 is 0 Å². The van der Waals surface area contributed by atoms with Gasteiger partial charge in [0.1, 0.15) is 0 Å². The van der Waals surface area contributed by atoms with E-state index in [0.29, 0.717) is 12.3 Å². The molecule has 0 bridgehead atoms. The van der Waals surface area contributed by atoms with Gasteiger partial charge in [-0.25, -0.2) is 0 Å². The lowest BCUT2D eigenvalue weighted by molar-refractivity contribution is 0.0985. The van der Waals surface area contributed by atoms with E-state index < -0.39 is 0 Å².